The number of pyridine rings is 1. The summed E-state index contributed by atoms with van der Waals surface area (Å²) in [6, 6.07) is 15.7. The third-order valence-corrected chi connectivity index (χ3v) is 7.43. The van der Waals surface area contributed by atoms with E-state index in [0.717, 1.165) is 11.5 Å². The molecule has 1 saturated carbocycles. The molecule has 2 nitrogen and oxygen atoms in total. The molecule has 0 atom stereocenters. The van der Waals surface area contributed by atoms with Crippen LogP contribution in [0.4, 0.5) is 0 Å². The van der Waals surface area contributed by atoms with Crippen LogP contribution in [0.3, 0.4) is 0 Å². The highest BCUT2D eigenvalue weighted by Crippen LogP contribution is 2.53. The van der Waals surface area contributed by atoms with Crippen LogP contribution in [0.2, 0.25) is 0 Å². The van der Waals surface area contributed by atoms with Crippen molar-refractivity contribution in [3.8, 4) is 22.8 Å². The van der Waals surface area contributed by atoms with E-state index in [0.29, 0.717) is 5.92 Å². The normalized spacial score (nSPS) is 15.6. The van der Waals surface area contributed by atoms with Gasteiger partial charge in [-0.05, 0) is 73.7 Å². The first kappa shape index (κ1) is 17.9. The quantitative estimate of drug-likeness (QED) is 0.275. The zero-order valence-electron chi connectivity index (χ0n) is 18.3. The van der Waals surface area contributed by atoms with Crippen molar-refractivity contribution in [2.75, 3.05) is 0 Å². The van der Waals surface area contributed by atoms with Crippen LogP contribution in [0.15, 0.2) is 42.5 Å². The number of para-hydroxylation sites is 1. The van der Waals surface area contributed by atoms with Gasteiger partial charge >= 0.3 is 0 Å². The van der Waals surface area contributed by atoms with Crippen molar-refractivity contribution in [2.45, 2.75) is 52.4 Å². The number of fused-ring (bicyclic) bond motifs is 3. The van der Waals surface area contributed by atoms with Crippen LogP contribution in [0.25, 0.3) is 32.9 Å². The maximum Gasteiger partial charge on any atom is 0.257 e. The fourth-order valence-corrected chi connectivity index (χ4v) is 5.90. The Hall–Kier alpha value is -2.87. The molecule has 6 rings (SSSR count). The Bertz CT molecular complexity index is 1360. The molecule has 0 N–H and O–H groups in total. The monoisotopic (exact) mass is 394 g/mol. The highest BCUT2D eigenvalue weighted by atomic mass is 16.5. The molecule has 0 amide bonds. The number of hydrogen-bond donors (Lipinski definition) is 0. The predicted octanol–water partition coefficient (Wildman–Crippen LogP) is 7.17. The number of ether oxygens (including phenoxy) is 1. The average Bonchev–Trinajstić information content (AvgIpc) is 3.25. The van der Waals surface area contributed by atoms with E-state index in [1.54, 1.807) is 0 Å². The molecule has 30 heavy (non-hydrogen) atoms. The standard InChI is InChI=1S/C28H28NO/c1-16-13-20-15-17(2)18(3)24-26(20)23(14-16)30-28-25(19-9-5-6-10-19)21-11-7-8-12-22(21)29(4)27(24)28/h7-8,11-15,19H,5-6,9-10H2,1-4H3/q+1. The SMILES string of the molecule is Cc1cc2c3c(c(C)c(C)cc3c1)-c1c(c(C3CCCC3)c3ccccc3[n+]1C)O2. The molecular weight excluding hydrogens is 366 g/mol. The Morgan fingerprint density at radius 1 is 0.967 bits per heavy atom. The maximum atomic E-state index is 6.84. The second-order valence-corrected chi connectivity index (χ2v) is 9.31. The number of aromatic nitrogens is 1. The van der Waals surface area contributed by atoms with Crippen LogP contribution in [-0.4, -0.2) is 0 Å². The predicted molar refractivity (Wildman–Crippen MR) is 124 cm³/mol. The lowest BCUT2D eigenvalue weighted by Gasteiger charge is -2.26. The summed E-state index contributed by atoms with van der Waals surface area (Å²) in [4.78, 5) is 0. The van der Waals surface area contributed by atoms with Gasteiger partial charge in [0.2, 0.25) is 11.3 Å². The Balaban J connectivity index is 1.83. The van der Waals surface area contributed by atoms with Gasteiger partial charge in [-0.2, -0.15) is 4.57 Å². The topological polar surface area (TPSA) is 13.1 Å². The molecule has 1 aromatic heterocycles. The van der Waals surface area contributed by atoms with E-state index in [1.165, 1.54) is 80.9 Å². The van der Waals surface area contributed by atoms with E-state index in [-0.39, 0.29) is 0 Å². The fourth-order valence-electron chi connectivity index (χ4n) is 5.90. The third kappa shape index (κ3) is 2.34. The van der Waals surface area contributed by atoms with E-state index in [2.05, 4.69) is 74.9 Å². The minimum atomic E-state index is 0.580. The van der Waals surface area contributed by atoms with Gasteiger partial charge in [0.1, 0.15) is 12.8 Å². The molecule has 4 aromatic rings. The molecule has 3 aromatic carbocycles. The van der Waals surface area contributed by atoms with Gasteiger partial charge in [-0.15, -0.1) is 0 Å². The molecule has 150 valence electrons. The summed E-state index contributed by atoms with van der Waals surface area (Å²) in [5, 5.41) is 3.90. The van der Waals surface area contributed by atoms with Gasteiger partial charge in [0.25, 0.3) is 5.69 Å². The van der Waals surface area contributed by atoms with Crippen LogP contribution >= 0.6 is 0 Å². The minimum absolute atomic E-state index is 0.580. The lowest BCUT2D eigenvalue weighted by molar-refractivity contribution is -0.633. The van der Waals surface area contributed by atoms with Gasteiger partial charge < -0.3 is 4.74 Å². The number of hydrogen-bond acceptors (Lipinski definition) is 1. The number of rotatable bonds is 1. The summed E-state index contributed by atoms with van der Waals surface area (Å²) < 4.78 is 9.21. The molecule has 0 radical (unpaired) electrons. The van der Waals surface area contributed by atoms with Crippen LogP contribution in [0.1, 0.15) is 53.9 Å². The van der Waals surface area contributed by atoms with E-state index >= 15 is 0 Å². The molecular formula is C28H28NO+. The van der Waals surface area contributed by atoms with Crippen molar-refractivity contribution in [3.05, 3.63) is 64.7 Å². The summed E-state index contributed by atoms with van der Waals surface area (Å²) in [5.74, 6) is 2.69. The summed E-state index contributed by atoms with van der Waals surface area (Å²) in [6.45, 7) is 6.68. The zero-order valence-corrected chi connectivity index (χ0v) is 18.3. The molecule has 1 aliphatic heterocycles. The highest BCUT2D eigenvalue weighted by molar-refractivity contribution is 6.06. The second-order valence-electron chi connectivity index (χ2n) is 9.31. The Morgan fingerprint density at radius 2 is 1.73 bits per heavy atom. The number of aryl methyl sites for hydroxylation is 3. The smallest absolute Gasteiger partial charge is 0.257 e. The summed E-state index contributed by atoms with van der Waals surface area (Å²) in [7, 11) is 2.20. The molecule has 2 heterocycles. The first-order chi connectivity index (χ1) is 14.5. The molecule has 0 spiro atoms. The van der Waals surface area contributed by atoms with Crippen molar-refractivity contribution in [1.82, 2.24) is 0 Å². The zero-order chi connectivity index (χ0) is 20.6. The van der Waals surface area contributed by atoms with E-state index in [4.69, 9.17) is 4.74 Å². The minimum Gasteiger partial charge on any atom is -0.449 e. The largest absolute Gasteiger partial charge is 0.449 e. The van der Waals surface area contributed by atoms with E-state index < -0.39 is 0 Å². The Morgan fingerprint density at radius 3 is 2.53 bits per heavy atom. The Kier molecular flexibility index (Phi) is 3.78. The average molecular weight is 395 g/mol. The molecule has 0 bridgehead atoms. The molecule has 0 saturated heterocycles. The summed E-state index contributed by atoms with van der Waals surface area (Å²) in [6.07, 6.45) is 5.16. The van der Waals surface area contributed by atoms with Crippen molar-refractivity contribution < 1.29 is 9.30 Å². The summed E-state index contributed by atoms with van der Waals surface area (Å²) in [5.41, 5.74) is 9.29. The van der Waals surface area contributed by atoms with Crippen LogP contribution < -0.4 is 9.30 Å². The molecule has 1 fully saturated rings. The molecule has 2 heteroatoms. The van der Waals surface area contributed by atoms with Crippen LogP contribution in [0, 0.1) is 20.8 Å². The van der Waals surface area contributed by atoms with Gasteiger partial charge in [0.15, 0.2) is 0 Å². The Labute approximate surface area is 178 Å². The van der Waals surface area contributed by atoms with Gasteiger partial charge in [0, 0.05) is 17.0 Å². The second kappa shape index (κ2) is 6.31. The van der Waals surface area contributed by atoms with Crippen LogP contribution in [-0.2, 0) is 7.05 Å². The number of nitrogens with zero attached hydrogens (tertiary/aromatic N) is 1. The van der Waals surface area contributed by atoms with E-state index in [9.17, 15) is 0 Å². The molecule has 0 unspecified atom stereocenters. The van der Waals surface area contributed by atoms with Gasteiger partial charge in [-0.3, -0.25) is 0 Å². The van der Waals surface area contributed by atoms with Crippen molar-refractivity contribution in [2.24, 2.45) is 7.05 Å². The third-order valence-electron chi connectivity index (χ3n) is 7.43. The maximum absolute atomic E-state index is 6.84. The van der Waals surface area contributed by atoms with Crippen molar-refractivity contribution >= 4 is 21.7 Å². The van der Waals surface area contributed by atoms with Gasteiger partial charge in [-0.1, -0.05) is 37.1 Å². The highest BCUT2D eigenvalue weighted by Gasteiger charge is 2.37. The van der Waals surface area contributed by atoms with E-state index in [1.807, 2.05) is 0 Å². The molecule has 1 aliphatic carbocycles. The lowest BCUT2D eigenvalue weighted by atomic mass is 9.85. The number of benzene rings is 3. The van der Waals surface area contributed by atoms with Crippen molar-refractivity contribution in [1.29, 1.82) is 0 Å². The summed E-state index contributed by atoms with van der Waals surface area (Å²) >= 11 is 0. The first-order valence-electron chi connectivity index (χ1n) is 11.2. The van der Waals surface area contributed by atoms with Gasteiger partial charge in [-0.25, -0.2) is 0 Å². The lowest BCUT2D eigenvalue weighted by Crippen LogP contribution is -2.34. The fraction of sp³-hybridized carbons (Fsp3) is 0.321. The van der Waals surface area contributed by atoms with Crippen LogP contribution in [0.5, 0.6) is 11.5 Å². The first-order valence-corrected chi connectivity index (χ1v) is 11.2. The molecule has 2 aliphatic rings. The van der Waals surface area contributed by atoms with Crippen molar-refractivity contribution in [3.63, 3.8) is 0 Å². The van der Waals surface area contributed by atoms with Gasteiger partial charge in [0.05, 0.1) is 10.9 Å².